The number of fused-ring (bicyclic) bond motifs is 6. The van der Waals surface area contributed by atoms with Gasteiger partial charge in [-0.2, -0.15) is 0 Å². The fourth-order valence-corrected chi connectivity index (χ4v) is 12.8. The van der Waals surface area contributed by atoms with Crippen molar-refractivity contribution in [2.75, 3.05) is 4.90 Å². The van der Waals surface area contributed by atoms with Gasteiger partial charge in [-0.15, -0.1) is 22.7 Å². The summed E-state index contributed by atoms with van der Waals surface area (Å²) in [6.45, 7) is 0. The average Bonchev–Trinajstić information content (AvgIpc) is 4.01. The minimum Gasteiger partial charge on any atom is -0.309 e. The molecule has 69 heavy (non-hydrogen) atoms. The van der Waals surface area contributed by atoms with Gasteiger partial charge in [0, 0.05) is 47.0 Å². The summed E-state index contributed by atoms with van der Waals surface area (Å²) in [6, 6.07) is 95.5. The van der Waals surface area contributed by atoms with Crippen LogP contribution in [0.5, 0.6) is 0 Å². The van der Waals surface area contributed by atoms with Gasteiger partial charge in [0.1, 0.15) is 0 Å². The Labute approximate surface area is 410 Å². The van der Waals surface area contributed by atoms with E-state index >= 15 is 0 Å². The second-order valence-electron chi connectivity index (χ2n) is 17.5. The van der Waals surface area contributed by atoms with Crippen molar-refractivity contribution in [2.45, 2.75) is 0 Å². The van der Waals surface area contributed by atoms with Gasteiger partial charge in [0.2, 0.25) is 0 Å². The predicted octanol–water partition coefficient (Wildman–Crippen LogP) is 19.9. The lowest BCUT2D eigenvalue weighted by Gasteiger charge is -2.26. The van der Waals surface area contributed by atoms with Gasteiger partial charge in [-0.1, -0.05) is 218 Å². The predicted molar refractivity (Wildman–Crippen MR) is 300 cm³/mol. The van der Waals surface area contributed by atoms with Crippen molar-refractivity contribution in [1.29, 1.82) is 0 Å². The van der Waals surface area contributed by atoms with Gasteiger partial charge in [-0.25, -0.2) is 0 Å². The highest BCUT2D eigenvalue weighted by molar-refractivity contribution is 7.27. The van der Waals surface area contributed by atoms with Gasteiger partial charge in [0.25, 0.3) is 0 Å². The van der Waals surface area contributed by atoms with Gasteiger partial charge in [-0.3, -0.25) is 0 Å². The van der Waals surface area contributed by atoms with Crippen LogP contribution in [0.3, 0.4) is 0 Å². The summed E-state index contributed by atoms with van der Waals surface area (Å²) in [5, 5.41) is 5.18. The third-order valence-electron chi connectivity index (χ3n) is 13.5. The van der Waals surface area contributed by atoms with E-state index < -0.39 is 0 Å². The molecule has 0 aliphatic heterocycles. The lowest BCUT2D eigenvalue weighted by Crippen LogP contribution is -2.10. The molecule has 13 rings (SSSR count). The van der Waals surface area contributed by atoms with Crippen LogP contribution in [0.25, 0.3) is 107 Å². The summed E-state index contributed by atoms with van der Waals surface area (Å²) in [7, 11) is 0. The van der Waals surface area contributed by atoms with Crippen LogP contribution in [0.1, 0.15) is 0 Å². The molecule has 13 aromatic rings. The van der Waals surface area contributed by atoms with Crippen molar-refractivity contribution in [3.05, 3.63) is 261 Å². The topological polar surface area (TPSA) is 3.24 Å². The molecular weight excluding hydrogens is 871 g/mol. The summed E-state index contributed by atoms with van der Waals surface area (Å²) in [4.78, 5) is 2.46. The fourth-order valence-electron chi connectivity index (χ4n) is 10.2. The Balaban J connectivity index is 0.975. The molecule has 0 bridgehead atoms. The first kappa shape index (κ1) is 40.9. The van der Waals surface area contributed by atoms with E-state index in [1.807, 2.05) is 22.7 Å². The van der Waals surface area contributed by atoms with E-state index in [0.29, 0.717) is 0 Å². The van der Waals surface area contributed by atoms with Crippen LogP contribution in [0.4, 0.5) is 17.1 Å². The molecule has 0 saturated carbocycles. The van der Waals surface area contributed by atoms with E-state index in [0.717, 1.165) is 17.1 Å². The van der Waals surface area contributed by atoms with Crippen LogP contribution in [0, 0.1) is 0 Å². The van der Waals surface area contributed by atoms with Gasteiger partial charge >= 0.3 is 0 Å². The molecule has 0 spiro atoms. The van der Waals surface area contributed by atoms with E-state index in [1.165, 1.54) is 107 Å². The summed E-state index contributed by atoms with van der Waals surface area (Å²) < 4.78 is 5.18. The average molecular weight is 914 g/mol. The molecule has 0 N–H and O–H groups in total. The maximum atomic E-state index is 2.46. The Morgan fingerprint density at radius 3 is 1.35 bits per heavy atom. The summed E-state index contributed by atoms with van der Waals surface area (Å²) >= 11 is 3.76. The lowest BCUT2D eigenvalue weighted by molar-refractivity contribution is 1.30. The molecule has 0 aliphatic carbocycles. The van der Waals surface area contributed by atoms with Gasteiger partial charge in [0.05, 0.1) is 10.4 Å². The highest BCUT2D eigenvalue weighted by atomic mass is 32.1. The maximum absolute atomic E-state index is 2.46. The smallest absolute Gasteiger partial charge is 0.0640 e. The van der Waals surface area contributed by atoms with Crippen molar-refractivity contribution >= 4 is 80.1 Å². The zero-order valence-corrected chi connectivity index (χ0v) is 39.2. The Bertz CT molecular complexity index is 3980. The first-order valence-electron chi connectivity index (χ1n) is 23.5. The highest BCUT2D eigenvalue weighted by Gasteiger charge is 2.22. The molecule has 0 fully saturated rings. The molecule has 11 aromatic carbocycles. The quantitative estimate of drug-likeness (QED) is 0.139. The van der Waals surface area contributed by atoms with E-state index in [9.17, 15) is 0 Å². The fraction of sp³-hybridized carbons (Fsp3) is 0. The first-order valence-corrected chi connectivity index (χ1v) is 25.1. The van der Waals surface area contributed by atoms with E-state index in [-0.39, 0.29) is 0 Å². The summed E-state index contributed by atoms with van der Waals surface area (Å²) in [5.74, 6) is 0. The van der Waals surface area contributed by atoms with Crippen molar-refractivity contribution in [3.8, 4) is 66.8 Å². The first-order chi connectivity index (χ1) is 34.2. The Kier molecular flexibility index (Phi) is 10.3. The van der Waals surface area contributed by atoms with Crippen LogP contribution in [-0.2, 0) is 0 Å². The second kappa shape index (κ2) is 17.4. The number of hydrogen-bond acceptors (Lipinski definition) is 3. The molecule has 0 amide bonds. The van der Waals surface area contributed by atoms with Crippen LogP contribution in [0.15, 0.2) is 261 Å². The largest absolute Gasteiger partial charge is 0.309 e. The molecule has 2 aromatic heterocycles. The van der Waals surface area contributed by atoms with Crippen LogP contribution >= 0.6 is 22.7 Å². The summed E-state index contributed by atoms with van der Waals surface area (Å²) in [6.07, 6.45) is 0. The van der Waals surface area contributed by atoms with Crippen LogP contribution < -0.4 is 4.90 Å². The van der Waals surface area contributed by atoms with Crippen molar-refractivity contribution in [3.63, 3.8) is 0 Å². The van der Waals surface area contributed by atoms with Crippen molar-refractivity contribution in [1.82, 2.24) is 0 Å². The van der Waals surface area contributed by atoms with E-state index in [1.54, 1.807) is 0 Å². The van der Waals surface area contributed by atoms with E-state index in [4.69, 9.17) is 0 Å². The molecule has 0 radical (unpaired) electrons. The molecular formula is C66H43NS2. The van der Waals surface area contributed by atoms with Crippen LogP contribution in [0.2, 0.25) is 0 Å². The molecule has 0 atom stereocenters. The maximum Gasteiger partial charge on any atom is 0.0640 e. The SMILES string of the molecule is c1ccc(-c2ccccc2-c2ccccc2-c2ccc(N(c3ccc(-c4ccc5c(c4)sc4ccccc45)cc3)c3cccc4c3sc3c(-c5ccccc5)ccc(-c5ccccc5)c34)cc2)cc1. The third-order valence-corrected chi connectivity index (χ3v) is 15.9. The number of hydrogen-bond donors (Lipinski definition) is 0. The zero-order chi connectivity index (χ0) is 45.7. The zero-order valence-electron chi connectivity index (χ0n) is 37.6. The molecule has 324 valence electrons. The molecule has 0 unspecified atom stereocenters. The number of rotatable bonds is 9. The van der Waals surface area contributed by atoms with Gasteiger partial charge < -0.3 is 4.90 Å². The number of anilines is 3. The number of nitrogens with zero attached hydrogens (tertiary/aromatic N) is 1. The normalized spacial score (nSPS) is 11.5. The Morgan fingerprint density at radius 2 is 0.710 bits per heavy atom. The van der Waals surface area contributed by atoms with Gasteiger partial charge in [-0.05, 0) is 109 Å². The standard InChI is InChI=1S/C66H43NS2/c1-4-17-45(18-5-1)52-23-10-12-25-56(52)57-26-13-11-24-53(57)48-33-38-51(39-34-48)67(50-36-31-44(32-37-50)49-35-40-59-58-27-14-15-30-62(58)68-63(59)43-49)61-29-16-28-60-64-54(46-19-6-2-7-20-46)41-42-55(66(64)69-65(60)61)47-21-8-3-9-22-47/h1-43H. The van der Waals surface area contributed by atoms with Gasteiger partial charge in [0.15, 0.2) is 0 Å². The van der Waals surface area contributed by atoms with Crippen LogP contribution in [-0.4, -0.2) is 0 Å². The molecule has 1 nitrogen and oxygen atoms in total. The Morgan fingerprint density at radius 1 is 0.246 bits per heavy atom. The van der Waals surface area contributed by atoms with Crippen molar-refractivity contribution < 1.29 is 0 Å². The second-order valence-corrected chi connectivity index (χ2v) is 19.7. The molecule has 0 aliphatic rings. The monoisotopic (exact) mass is 913 g/mol. The molecule has 3 heteroatoms. The van der Waals surface area contributed by atoms with E-state index in [2.05, 4.69) is 266 Å². The molecule has 2 heterocycles. The minimum atomic E-state index is 1.09. The molecule has 0 saturated heterocycles. The van der Waals surface area contributed by atoms with Crippen molar-refractivity contribution in [2.24, 2.45) is 0 Å². The third kappa shape index (κ3) is 7.32. The highest BCUT2D eigenvalue weighted by Crippen LogP contribution is 2.50. The minimum absolute atomic E-state index is 1.09. The number of thiophene rings is 2. The number of benzene rings is 11. The summed E-state index contributed by atoms with van der Waals surface area (Å²) in [5.41, 5.74) is 17.9. The Hall–Kier alpha value is -8.34. The lowest BCUT2D eigenvalue weighted by atomic mass is 9.89.